The van der Waals surface area contributed by atoms with Crippen molar-refractivity contribution in [2.45, 2.75) is 12.7 Å². The quantitative estimate of drug-likeness (QED) is 0.560. The molecule has 0 bridgehead atoms. The molecule has 1 fully saturated rings. The van der Waals surface area contributed by atoms with Gasteiger partial charge in [0.25, 0.3) is 0 Å². The van der Waals surface area contributed by atoms with Crippen molar-refractivity contribution in [1.29, 1.82) is 0 Å². The van der Waals surface area contributed by atoms with Crippen molar-refractivity contribution in [3.05, 3.63) is 0 Å². The number of halogens is 3. The zero-order chi connectivity index (χ0) is 7.61. The molecular weight excluding hydrogens is 149 g/mol. The van der Waals surface area contributed by atoms with Gasteiger partial charge in [-0.05, 0) is 0 Å². The van der Waals surface area contributed by atoms with Crippen LogP contribution in [-0.4, -0.2) is 25.8 Å². The van der Waals surface area contributed by atoms with E-state index < -0.39 is 12.7 Å². The molecule has 0 aromatic rings. The lowest BCUT2D eigenvalue weighted by Crippen LogP contribution is -2.38. The molecule has 2 N–H and O–H groups in total. The summed E-state index contributed by atoms with van der Waals surface area (Å²) in [4.78, 5) is 0. The SMILES string of the molecule is FC(F)(F)OC1NCCN1. The normalized spacial score (nSPS) is 21.9. The van der Waals surface area contributed by atoms with Gasteiger partial charge in [0.2, 0.25) is 0 Å². The van der Waals surface area contributed by atoms with Crippen LogP contribution in [0.3, 0.4) is 0 Å². The van der Waals surface area contributed by atoms with E-state index in [1.54, 1.807) is 0 Å². The molecule has 0 aromatic carbocycles. The predicted molar refractivity (Wildman–Crippen MR) is 26.9 cm³/mol. The van der Waals surface area contributed by atoms with Crippen LogP contribution in [0.25, 0.3) is 0 Å². The Hall–Kier alpha value is -0.330. The summed E-state index contributed by atoms with van der Waals surface area (Å²) in [6, 6.07) is 0. The summed E-state index contributed by atoms with van der Waals surface area (Å²) in [5.74, 6) is 0. The van der Waals surface area contributed by atoms with E-state index in [9.17, 15) is 13.2 Å². The lowest BCUT2D eigenvalue weighted by atomic mass is 10.7. The minimum atomic E-state index is -4.56. The van der Waals surface area contributed by atoms with Gasteiger partial charge >= 0.3 is 6.36 Å². The van der Waals surface area contributed by atoms with E-state index in [2.05, 4.69) is 15.4 Å². The van der Waals surface area contributed by atoms with Gasteiger partial charge < -0.3 is 0 Å². The van der Waals surface area contributed by atoms with Gasteiger partial charge in [0.05, 0.1) is 0 Å². The third-order valence-corrected chi connectivity index (χ3v) is 1.04. The standard InChI is InChI=1S/C4H7F3N2O/c5-4(6,7)10-3-8-1-2-9-3/h3,8-9H,1-2H2. The van der Waals surface area contributed by atoms with Crippen LogP contribution in [0.2, 0.25) is 0 Å². The van der Waals surface area contributed by atoms with Gasteiger partial charge in [-0.25, -0.2) is 0 Å². The molecule has 0 saturated carbocycles. The highest BCUT2D eigenvalue weighted by Gasteiger charge is 2.34. The van der Waals surface area contributed by atoms with E-state index in [0.29, 0.717) is 13.1 Å². The molecule has 10 heavy (non-hydrogen) atoms. The molecule has 6 heteroatoms. The molecule has 0 aromatic heterocycles. The molecule has 0 radical (unpaired) electrons. The van der Waals surface area contributed by atoms with Gasteiger partial charge in [-0.2, -0.15) is 0 Å². The van der Waals surface area contributed by atoms with Gasteiger partial charge in [-0.15, -0.1) is 13.2 Å². The summed E-state index contributed by atoms with van der Waals surface area (Å²) in [5, 5.41) is 4.92. The fraction of sp³-hybridized carbons (Fsp3) is 1.00. The van der Waals surface area contributed by atoms with Crippen molar-refractivity contribution in [2.75, 3.05) is 13.1 Å². The number of alkyl halides is 3. The molecule has 0 unspecified atom stereocenters. The molecule has 3 nitrogen and oxygen atoms in total. The first-order valence-electron chi connectivity index (χ1n) is 2.79. The third-order valence-electron chi connectivity index (χ3n) is 1.04. The fourth-order valence-corrected chi connectivity index (χ4v) is 0.696. The number of rotatable bonds is 1. The Balaban J connectivity index is 2.24. The average molecular weight is 156 g/mol. The van der Waals surface area contributed by atoms with Crippen molar-refractivity contribution >= 4 is 0 Å². The Morgan fingerprint density at radius 3 is 2.10 bits per heavy atom. The first-order chi connectivity index (χ1) is 4.58. The van der Waals surface area contributed by atoms with E-state index in [4.69, 9.17) is 0 Å². The lowest BCUT2D eigenvalue weighted by Gasteiger charge is -2.13. The molecular formula is C4H7F3N2O. The Bertz CT molecular complexity index is 110. The fourth-order valence-electron chi connectivity index (χ4n) is 0.696. The van der Waals surface area contributed by atoms with Crippen molar-refractivity contribution in [2.24, 2.45) is 0 Å². The Morgan fingerprint density at radius 1 is 1.20 bits per heavy atom. The van der Waals surface area contributed by atoms with Gasteiger partial charge in [0, 0.05) is 13.1 Å². The van der Waals surface area contributed by atoms with Crippen LogP contribution in [0.4, 0.5) is 13.2 Å². The van der Waals surface area contributed by atoms with Crippen molar-refractivity contribution in [1.82, 2.24) is 10.6 Å². The monoisotopic (exact) mass is 156 g/mol. The number of ether oxygens (including phenoxy) is 1. The van der Waals surface area contributed by atoms with E-state index in [-0.39, 0.29) is 0 Å². The largest absolute Gasteiger partial charge is 0.525 e. The molecule has 1 aliphatic rings. The van der Waals surface area contributed by atoms with E-state index in [1.165, 1.54) is 0 Å². The van der Waals surface area contributed by atoms with E-state index in [0.717, 1.165) is 0 Å². The highest BCUT2D eigenvalue weighted by atomic mass is 19.4. The second-order valence-electron chi connectivity index (χ2n) is 1.85. The number of hydrogen-bond acceptors (Lipinski definition) is 3. The molecule has 60 valence electrons. The minimum Gasteiger partial charge on any atom is -0.278 e. The molecule has 0 spiro atoms. The highest BCUT2D eigenvalue weighted by molar-refractivity contribution is 4.64. The van der Waals surface area contributed by atoms with E-state index >= 15 is 0 Å². The average Bonchev–Trinajstić information content (AvgIpc) is 2.12. The number of hydrogen-bond donors (Lipinski definition) is 2. The van der Waals surface area contributed by atoms with Crippen LogP contribution >= 0.6 is 0 Å². The third kappa shape index (κ3) is 2.51. The first kappa shape index (κ1) is 7.77. The summed E-state index contributed by atoms with van der Waals surface area (Å²) in [6.45, 7) is 1.00. The zero-order valence-corrected chi connectivity index (χ0v) is 5.03. The lowest BCUT2D eigenvalue weighted by molar-refractivity contribution is -0.347. The van der Waals surface area contributed by atoms with Gasteiger partial charge in [0.1, 0.15) is 0 Å². The van der Waals surface area contributed by atoms with Crippen molar-refractivity contribution in [3.63, 3.8) is 0 Å². The molecule has 0 atom stereocenters. The topological polar surface area (TPSA) is 33.3 Å². The summed E-state index contributed by atoms with van der Waals surface area (Å²) in [7, 11) is 0. The molecule has 1 heterocycles. The molecule has 1 aliphatic heterocycles. The second-order valence-corrected chi connectivity index (χ2v) is 1.85. The maximum Gasteiger partial charge on any atom is 0.525 e. The summed E-state index contributed by atoms with van der Waals surface area (Å²) in [5.41, 5.74) is 0. The summed E-state index contributed by atoms with van der Waals surface area (Å²) in [6.07, 6.45) is -5.63. The Kier molecular flexibility index (Phi) is 2.12. The van der Waals surface area contributed by atoms with Crippen molar-refractivity contribution in [3.8, 4) is 0 Å². The minimum absolute atomic E-state index is 0.501. The Morgan fingerprint density at radius 2 is 1.70 bits per heavy atom. The predicted octanol–water partition coefficient (Wildman–Crippen LogP) is -0.000800. The molecule has 0 aliphatic carbocycles. The van der Waals surface area contributed by atoms with Crippen molar-refractivity contribution < 1.29 is 17.9 Å². The van der Waals surface area contributed by atoms with Crippen LogP contribution in [0.15, 0.2) is 0 Å². The number of nitrogens with one attached hydrogen (secondary N) is 2. The summed E-state index contributed by atoms with van der Waals surface area (Å²) < 4.78 is 37.8. The Labute approximate surface area is 55.5 Å². The molecule has 1 saturated heterocycles. The first-order valence-corrected chi connectivity index (χ1v) is 2.79. The van der Waals surface area contributed by atoms with Crippen LogP contribution < -0.4 is 10.6 Å². The summed E-state index contributed by atoms with van der Waals surface area (Å²) >= 11 is 0. The van der Waals surface area contributed by atoms with Gasteiger partial charge in [-0.1, -0.05) is 0 Å². The van der Waals surface area contributed by atoms with Crippen LogP contribution in [0.1, 0.15) is 0 Å². The van der Waals surface area contributed by atoms with Gasteiger partial charge in [0.15, 0.2) is 6.35 Å². The highest BCUT2D eigenvalue weighted by Crippen LogP contribution is 2.17. The second kappa shape index (κ2) is 2.73. The smallest absolute Gasteiger partial charge is 0.278 e. The van der Waals surface area contributed by atoms with Crippen LogP contribution in [0, 0.1) is 0 Å². The van der Waals surface area contributed by atoms with Crippen LogP contribution in [-0.2, 0) is 4.74 Å². The maximum atomic E-state index is 11.4. The van der Waals surface area contributed by atoms with E-state index in [1.807, 2.05) is 0 Å². The maximum absolute atomic E-state index is 11.4. The van der Waals surface area contributed by atoms with Crippen LogP contribution in [0.5, 0.6) is 0 Å². The van der Waals surface area contributed by atoms with Gasteiger partial charge in [-0.3, -0.25) is 15.4 Å². The molecule has 0 amide bonds. The zero-order valence-electron chi connectivity index (χ0n) is 5.03. The molecule has 1 rings (SSSR count).